The molecule has 4 rings (SSSR count). The van der Waals surface area contributed by atoms with Crippen molar-refractivity contribution in [2.75, 3.05) is 13.1 Å². The Labute approximate surface area is 180 Å². The molecule has 2 atom stereocenters. The summed E-state index contributed by atoms with van der Waals surface area (Å²) in [6.07, 6.45) is 3.69. The molecule has 2 aromatic carbocycles. The Hall–Kier alpha value is -2.40. The number of likely N-dealkylation sites (tertiary alicyclic amines) is 1. The van der Waals surface area contributed by atoms with Crippen LogP contribution in [0.15, 0.2) is 65.1 Å². The lowest BCUT2D eigenvalue weighted by molar-refractivity contribution is -0.146. The summed E-state index contributed by atoms with van der Waals surface area (Å²) in [4.78, 5) is 27.6. The van der Waals surface area contributed by atoms with Crippen molar-refractivity contribution < 1.29 is 9.59 Å². The normalized spacial score (nSPS) is 22.1. The molecule has 0 spiro atoms. The number of carbonyl (C=O) groups is 2. The van der Waals surface area contributed by atoms with Gasteiger partial charge in [0.15, 0.2) is 0 Å². The molecule has 0 bridgehead atoms. The maximum Gasteiger partial charge on any atom is 0.290 e. The minimum atomic E-state index is -0.416. The molecule has 1 fully saturated rings. The van der Waals surface area contributed by atoms with E-state index in [2.05, 4.69) is 33.4 Å². The summed E-state index contributed by atoms with van der Waals surface area (Å²) in [6.45, 7) is 3.22. The zero-order chi connectivity index (χ0) is 20.4. The van der Waals surface area contributed by atoms with Crippen LogP contribution in [0.4, 0.5) is 0 Å². The molecule has 1 saturated heterocycles. The van der Waals surface area contributed by atoms with Crippen molar-refractivity contribution in [2.24, 2.45) is 5.92 Å². The van der Waals surface area contributed by atoms with Gasteiger partial charge in [-0.05, 0) is 55.0 Å². The van der Waals surface area contributed by atoms with Gasteiger partial charge in [-0.3, -0.25) is 9.59 Å². The van der Waals surface area contributed by atoms with Crippen molar-refractivity contribution in [1.82, 2.24) is 10.2 Å². The SMILES string of the molecule is CC1NC(c2ccccc2)=CC1C(=O)C(=O)N1CCC(c2cccc(Br)c2)CC1. The van der Waals surface area contributed by atoms with Crippen LogP contribution in [0, 0.1) is 5.92 Å². The van der Waals surface area contributed by atoms with Crippen LogP contribution in [0.2, 0.25) is 0 Å². The molecule has 0 radical (unpaired) electrons. The summed E-state index contributed by atoms with van der Waals surface area (Å²) in [5.41, 5.74) is 3.26. The van der Waals surface area contributed by atoms with E-state index in [-0.39, 0.29) is 17.7 Å². The first-order chi connectivity index (χ1) is 14.0. The number of hydrogen-bond donors (Lipinski definition) is 1. The van der Waals surface area contributed by atoms with Gasteiger partial charge in [0, 0.05) is 29.3 Å². The standard InChI is InChI=1S/C24H25BrN2O2/c1-16-21(15-22(26-16)18-6-3-2-4-7-18)23(28)24(29)27-12-10-17(11-13-27)19-8-5-9-20(25)14-19/h2-9,14-17,21,26H,10-13H2,1H3. The van der Waals surface area contributed by atoms with Crippen LogP contribution in [0.1, 0.15) is 36.8 Å². The van der Waals surface area contributed by atoms with E-state index in [1.165, 1.54) is 5.56 Å². The maximum absolute atomic E-state index is 12.9. The lowest BCUT2D eigenvalue weighted by Gasteiger charge is -2.32. The first kappa shape index (κ1) is 19.9. The summed E-state index contributed by atoms with van der Waals surface area (Å²) in [7, 11) is 0. The van der Waals surface area contributed by atoms with Crippen LogP contribution in [-0.2, 0) is 9.59 Å². The van der Waals surface area contributed by atoms with E-state index in [4.69, 9.17) is 0 Å². The van der Waals surface area contributed by atoms with Gasteiger partial charge in [-0.15, -0.1) is 0 Å². The molecule has 150 valence electrons. The molecule has 4 nitrogen and oxygen atoms in total. The van der Waals surface area contributed by atoms with Crippen molar-refractivity contribution in [3.8, 4) is 0 Å². The molecular formula is C24H25BrN2O2. The minimum Gasteiger partial charge on any atom is -0.381 e. The Morgan fingerprint density at radius 1 is 1.03 bits per heavy atom. The van der Waals surface area contributed by atoms with Gasteiger partial charge in [-0.25, -0.2) is 0 Å². The smallest absolute Gasteiger partial charge is 0.290 e. The molecule has 1 amide bonds. The summed E-state index contributed by atoms with van der Waals surface area (Å²) in [6, 6.07) is 18.2. The topological polar surface area (TPSA) is 49.4 Å². The average molecular weight is 453 g/mol. The molecule has 29 heavy (non-hydrogen) atoms. The highest BCUT2D eigenvalue weighted by Crippen LogP contribution is 2.31. The second-order valence-corrected chi connectivity index (χ2v) is 8.81. The lowest BCUT2D eigenvalue weighted by atomic mass is 9.89. The summed E-state index contributed by atoms with van der Waals surface area (Å²) in [5, 5.41) is 3.36. The number of amides is 1. The van der Waals surface area contributed by atoms with Crippen LogP contribution in [0.3, 0.4) is 0 Å². The number of hydrogen-bond acceptors (Lipinski definition) is 3. The number of carbonyl (C=O) groups excluding carboxylic acids is 2. The number of nitrogens with zero attached hydrogens (tertiary/aromatic N) is 1. The van der Waals surface area contributed by atoms with Gasteiger partial charge in [0.25, 0.3) is 5.91 Å². The van der Waals surface area contributed by atoms with Crippen LogP contribution in [0.5, 0.6) is 0 Å². The molecule has 2 unspecified atom stereocenters. The van der Waals surface area contributed by atoms with E-state index >= 15 is 0 Å². The third kappa shape index (κ3) is 4.30. The largest absolute Gasteiger partial charge is 0.381 e. The predicted molar refractivity (Wildman–Crippen MR) is 118 cm³/mol. The molecular weight excluding hydrogens is 428 g/mol. The lowest BCUT2D eigenvalue weighted by Crippen LogP contribution is -2.45. The summed E-state index contributed by atoms with van der Waals surface area (Å²) < 4.78 is 1.08. The van der Waals surface area contributed by atoms with E-state index in [0.29, 0.717) is 19.0 Å². The number of piperidine rings is 1. The molecule has 0 aliphatic carbocycles. The Morgan fingerprint density at radius 2 is 1.76 bits per heavy atom. The summed E-state index contributed by atoms with van der Waals surface area (Å²) in [5.74, 6) is -0.637. The molecule has 1 N–H and O–H groups in total. The Morgan fingerprint density at radius 3 is 2.45 bits per heavy atom. The van der Waals surface area contributed by atoms with E-state index in [0.717, 1.165) is 28.6 Å². The van der Waals surface area contributed by atoms with E-state index in [1.807, 2.05) is 55.5 Å². The highest BCUT2D eigenvalue weighted by molar-refractivity contribution is 9.10. The van der Waals surface area contributed by atoms with Gasteiger partial charge in [-0.1, -0.05) is 58.4 Å². The molecule has 0 saturated carbocycles. The third-order valence-electron chi connectivity index (χ3n) is 5.97. The fourth-order valence-electron chi connectivity index (χ4n) is 4.28. The second kappa shape index (κ2) is 8.54. The van der Waals surface area contributed by atoms with E-state index in [9.17, 15) is 9.59 Å². The van der Waals surface area contributed by atoms with E-state index in [1.54, 1.807) is 4.90 Å². The second-order valence-electron chi connectivity index (χ2n) is 7.89. The number of nitrogens with one attached hydrogen (secondary N) is 1. The number of ketones is 1. The van der Waals surface area contributed by atoms with E-state index < -0.39 is 5.92 Å². The van der Waals surface area contributed by atoms with Crippen molar-refractivity contribution in [2.45, 2.75) is 31.7 Å². The highest BCUT2D eigenvalue weighted by atomic mass is 79.9. The number of Topliss-reactive ketones (excluding diaryl/α,β-unsaturated/α-hetero) is 1. The fraction of sp³-hybridized carbons (Fsp3) is 0.333. The molecule has 2 aliphatic rings. The van der Waals surface area contributed by atoms with Gasteiger partial charge < -0.3 is 10.2 Å². The monoisotopic (exact) mass is 452 g/mol. The van der Waals surface area contributed by atoms with Gasteiger partial charge in [0.2, 0.25) is 5.78 Å². The predicted octanol–water partition coefficient (Wildman–Crippen LogP) is 4.37. The van der Waals surface area contributed by atoms with Gasteiger partial charge in [0.1, 0.15) is 0 Å². The molecule has 2 aliphatic heterocycles. The molecule has 5 heteroatoms. The Bertz CT molecular complexity index is 933. The van der Waals surface area contributed by atoms with Crippen molar-refractivity contribution >= 4 is 33.3 Å². The highest BCUT2D eigenvalue weighted by Gasteiger charge is 2.36. The minimum absolute atomic E-state index is 0.0825. The first-order valence-electron chi connectivity index (χ1n) is 10.2. The zero-order valence-corrected chi connectivity index (χ0v) is 18.1. The third-order valence-corrected chi connectivity index (χ3v) is 6.46. The number of benzene rings is 2. The molecule has 2 heterocycles. The van der Waals surface area contributed by atoms with Gasteiger partial charge in [-0.2, -0.15) is 0 Å². The van der Waals surface area contributed by atoms with Crippen LogP contribution >= 0.6 is 15.9 Å². The van der Waals surface area contributed by atoms with Gasteiger partial charge >= 0.3 is 0 Å². The first-order valence-corrected chi connectivity index (χ1v) is 10.9. The molecule has 0 aromatic heterocycles. The van der Waals surface area contributed by atoms with Crippen molar-refractivity contribution in [3.63, 3.8) is 0 Å². The average Bonchev–Trinajstić information content (AvgIpc) is 3.15. The maximum atomic E-state index is 12.9. The Kier molecular flexibility index (Phi) is 5.86. The van der Waals surface area contributed by atoms with Crippen LogP contribution in [-0.4, -0.2) is 35.7 Å². The summed E-state index contributed by atoms with van der Waals surface area (Å²) >= 11 is 3.53. The van der Waals surface area contributed by atoms with Gasteiger partial charge in [0.05, 0.1) is 5.92 Å². The van der Waals surface area contributed by atoms with Crippen LogP contribution < -0.4 is 5.32 Å². The van der Waals surface area contributed by atoms with Crippen molar-refractivity contribution in [1.29, 1.82) is 0 Å². The van der Waals surface area contributed by atoms with Crippen LogP contribution in [0.25, 0.3) is 5.70 Å². The fourth-order valence-corrected chi connectivity index (χ4v) is 4.70. The molecule has 2 aromatic rings. The number of halogens is 1. The Balaban J connectivity index is 1.40. The van der Waals surface area contributed by atoms with Crippen molar-refractivity contribution in [3.05, 3.63) is 76.3 Å². The number of rotatable bonds is 4. The zero-order valence-electron chi connectivity index (χ0n) is 16.5. The quantitative estimate of drug-likeness (QED) is 0.700.